The van der Waals surface area contributed by atoms with Gasteiger partial charge in [0, 0.05) is 18.2 Å². The summed E-state index contributed by atoms with van der Waals surface area (Å²) in [5.74, 6) is 0.213. The highest BCUT2D eigenvalue weighted by molar-refractivity contribution is 5.53. The van der Waals surface area contributed by atoms with Crippen LogP contribution in [-0.4, -0.2) is 11.0 Å². The molecule has 3 rings (SSSR count). The van der Waals surface area contributed by atoms with Gasteiger partial charge in [0.2, 0.25) is 0 Å². The lowest BCUT2D eigenvalue weighted by Crippen LogP contribution is -2.45. The summed E-state index contributed by atoms with van der Waals surface area (Å²) >= 11 is 0. The standard InChI is InChI=1S/C16H21FN2O2/c1-15(2)10-6-7-16(3,9-10)14(15)18-13-8-11(19(20)21)4-5-12(13)17/h4-5,8,10,14,18H,6-7,9H2,1-3H3. The average Bonchev–Trinajstić information content (AvgIpc) is 2.87. The van der Waals surface area contributed by atoms with Gasteiger partial charge < -0.3 is 5.32 Å². The maximum absolute atomic E-state index is 14.0. The van der Waals surface area contributed by atoms with Crippen LogP contribution in [0, 0.1) is 32.7 Å². The Morgan fingerprint density at radius 1 is 1.38 bits per heavy atom. The average molecular weight is 292 g/mol. The molecule has 0 aliphatic heterocycles. The van der Waals surface area contributed by atoms with Gasteiger partial charge in [0.15, 0.2) is 0 Å². The molecule has 0 heterocycles. The van der Waals surface area contributed by atoms with Crippen LogP contribution in [0.15, 0.2) is 18.2 Å². The van der Waals surface area contributed by atoms with Gasteiger partial charge in [0.25, 0.3) is 5.69 Å². The van der Waals surface area contributed by atoms with Crippen LogP contribution in [-0.2, 0) is 0 Å². The first-order chi connectivity index (χ1) is 9.74. The van der Waals surface area contributed by atoms with Gasteiger partial charge >= 0.3 is 0 Å². The van der Waals surface area contributed by atoms with E-state index in [1.165, 1.54) is 24.6 Å². The number of nitrogens with one attached hydrogen (secondary N) is 1. The number of nitro benzene ring substituents is 1. The first-order valence-electron chi connectivity index (χ1n) is 7.44. The maximum Gasteiger partial charge on any atom is 0.271 e. The fourth-order valence-electron chi connectivity index (χ4n) is 4.56. The van der Waals surface area contributed by atoms with Gasteiger partial charge in [-0.1, -0.05) is 20.8 Å². The van der Waals surface area contributed by atoms with Crippen molar-refractivity contribution in [3.05, 3.63) is 34.1 Å². The zero-order valence-electron chi connectivity index (χ0n) is 12.6. The number of nitrogens with zero attached hydrogens (tertiary/aromatic N) is 1. The highest BCUT2D eigenvalue weighted by Crippen LogP contribution is 2.63. The van der Waals surface area contributed by atoms with Crippen LogP contribution in [0.5, 0.6) is 0 Å². The van der Waals surface area contributed by atoms with E-state index in [4.69, 9.17) is 0 Å². The van der Waals surface area contributed by atoms with E-state index >= 15 is 0 Å². The smallest absolute Gasteiger partial charge is 0.271 e. The quantitative estimate of drug-likeness (QED) is 0.665. The minimum atomic E-state index is -0.488. The fraction of sp³-hybridized carbons (Fsp3) is 0.625. The molecule has 2 bridgehead atoms. The lowest BCUT2D eigenvalue weighted by atomic mass is 9.68. The highest BCUT2D eigenvalue weighted by Gasteiger charge is 2.59. The monoisotopic (exact) mass is 292 g/mol. The second kappa shape index (κ2) is 4.42. The topological polar surface area (TPSA) is 55.2 Å². The Morgan fingerprint density at radius 2 is 2.10 bits per heavy atom. The summed E-state index contributed by atoms with van der Waals surface area (Å²) in [5, 5.41) is 14.2. The number of anilines is 1. The third kappa shape index (κ3) is 2.10. The van der Waals surface area contributed by atoms with Gasteiger partial charge in [-0.25, -0.2) is 4.39 Å². The molecule has 0 aromatic heterocycles. The molecule has 0 amide bonds. The van der Waals surface area contributed by atoms with Gasteiger partial charge in [-0.15, -0.1) is 0 Å². The number of non-ortho nitro benzene ring substituents is 1. The number of halogens is 1. The van der Waals surface area contributed by atoms with E-state index in [-0.39, 0.29) is 28.2 Å². The van der Waals surface area contributed by atoms with E-state index in [2.05, 4.69) is 26.1 Å². The first kappa shape index (κ1) is 14.3. The van der Waals surface area contributed by atoms with Crippen LogP contribution < -0.4 is 5.32 Å². The van der Waals surface area contributed by atoms with Gasteiger partial charge in [0.05, 0.1) is 10.6 Å². The summed E-state index contributed by atoms with van der Waals surface area (Å²) < 4.78 is 14.0. The van der Waals surface area contributed by atoms with Crippen molar-refractivity contribution in [2.45, 2.75) is 46.1 Å². The molecule has 0 radical (unpaired) electrons. The maximum atomic E-state index is 14.0. The molecule has 2 saturated carbocycles. The predicted octanol–water partition coefficient (Wildman–Crippen LogP) is 4.36. The second-order valence-corrected chi connectivity index (χ2v) is 7.41. The molecule has 3 atom stereocenters. The van der Waals surface area contributed by atoms with Crippen molar-refractivity contribution in [2.24, 2.45) is 16.7 Å². The Hall–Kier alpha value is -1.65. The Balaban J connectivity index is 1.93. The van der Waals surface area contributed by atoms with Gasteiger partial charge in [-0.3, -0.25) is 10.1 Å². The van der Waals surface area contributed by atoms with Crippen molar-refractivity contribution in [1.82, 2.24) is 0 Å². The minimum Gasteiger partial charge on any atom is -0.379 e. The summed E-state index contributed by atoms with van der Waals surface area (Å²) in [6, 6.07) is 3.82. The molecule has 2 aliphatic rings. The molecule has 0 spiro atoms. The number of benzene rings is 1. The largest absolute Gasteiger partial charge is 0.379 e. The second-order valence-electron chi connectivity index (χ2n) is 7.41. The van der Waals surface area contributed by atoms with E-state index < -0.39 is 10.7 Å². The molecule has 1 N–H and O–H groups in total. The molecule has 0 saturated heterocycles. The summed E-state index contributed by atoms with van der Waals surface area (Å²) in [6.07, 6.45) is 3.50. The Labute approximate surface area is 123 Å². The van der Waals surface area contributed by atoms with Crippen molar-refractivity contribution < 1.29 is 9.31 Å². The molecule has 1 aromatic carbocycles. The fourth-order valence-corrected chi connectivity index (χ4v) is 4.56. The van der Waals surface area contributed by atoms with E-state index in [1.807, 2.05) is 0 Å². The molecule has 3 unspecified atom stereocenters. The summed E-state index contributed by atoms with van der Waals surface area (Å²) in [5.41, 5.74) is 0.385. The Morgan fingerprint density at radius 3 is 2.67 bits per heavy atom. The van der Waals surface area contributed by atoms with Gasteiger partial charge in [-0.2, -0.15) is 0 Å². The number of nitro groups is 1. The van der Waals surface area contributed by atoms with Crippen molar-refractivity contribution in [2.75, 3.05) is 5.32 Å². The van der Waals surface area contributed by atoms with Crippen LogP contribution in [0.25, 0.3) is 0 Å². The molecule has 21 heavy (non-hydrogen) atoms. The zero-order chi connectivity index (χ0) is 15.4. The van der Waals surface area contributed by atoms with Crippen LogP contribution in [0.3, 0.4) is 0 Å². The van der Waals surface area contributed by atoms with E-state index in [0.29, 0.717) is 5.92 Å². The highest BCUT2D eigenvalue weighted by atomic mass is 19.1. The molecule has 1 aromatic rings. The van der Waals surface area contributed by atoms with Gasteiger partial charge in [-0.05, 0) is 42.1 Å². The lowest BCUT2D eigenvalue weighted by molar-refractivity contribution is -0.384. The lowest BCUT2D eigenvalue weighted by Gasteiger charge is -2.43. The molecule has 5 heteroatoms. The normalized spacial score (nSPS) is 33.1. The number of hydrogen-bond acceptors (Lipinski definition) is 3. The van der Waals surface area contributed by atoms with Crippen molar-refractivity contribution in [3.8, 4) is 0 Å². The van der Waals surface area contributed by atoms with E-state index in [9.17, 15) is 14.5 Å². The van der Waals surface area contributed by atoms with Crippen LogP contribution >= 0.6 is 0 Å². The molecular formula is C16H21FN2O2. The molecule has 2 fully saturated rings. The number of fused-ring (bicyclic) bond motifs is 2. The van der Waals surface area contributed by atoms with Crippen molar-refractivity contribution in [3.63, 3.8) is 0 Å². The SMILES string of the molecule is CC12CCC(C1)C(C)(C)C2Nc1cc([N+](=O)[O-])ccc1F. The molecule has 2 aliphatic carbocycles. The van der Waals surface area contributed by atoms with Crippen molar-refractivity contribution in [1.29, 1.82) is 0 Å². The third-order valence-electron chi connectivity index (χ3n) is 5.73. The van der Waals surface area contributed by atoms with Crippen LogP contribution in [0.2, 0.25) is 0 Å². The van der Waals surface area contributed by atoms with Crippen LogP contribution in [0.1, 0.15) is 40.0 Å². The zero-order valence-corrected chi connectivity index (χ0v) is 12.6. The molecule has 114 valence electrons. The van der Waals surface area contributed by atoms with Crippen molar-refractivity contribution >= 4 is 11.4 Å². The third-order valence-corrected chi connectivity index (χ3v) is 5.73. The summed E-state index contributed by atoms with van der Waals surface area (Å²) in [6.45, 7) is 6.68. The Kier molecular flexibility index (Phi) is 3.01. The van der Waals surface area contributed by atoms with Crippen LogP contribution in [0.4, 0.5) is 15.8 Å². The van der Waals surface area contributed by atoms with Gasteiger partial charge in [0.1, 0.15) is 5.82 Å². The number of hydrogen-bond donors (Lipinski definition) is 1. The predicted molar refractivity (Wildman–Crippen MR) is 79.7 cm³/mol. The molecule has 4 nitrogen and oxygen atoms in total. The molecular weight excluding hydrogens is 271 g/mol. The first-order valence-corrected chi connectivity index (χ1v) is 7.44. The van der Waals surface area contributed by atoms with E-state index in [1.54, 1.807) is 0 Å². The van der Waals surface area contributed by atoms with E-state index in [0.717, 1.165) is 12.8 Å². The number of rotatable bonds is 3. The Bertz CT molecular complexity index is 597. The summed E-state index contributed by atoms with van der Waals surface area (Å²) in [7, 11) is 0. The minimum absolute atomic E-state index is 0.0735. The summed E-state index contributed by atoms with van der Waals surface area (Å²) in [4.78, 5) is 10.4.